The fraction of sp³-hybridized carbons (Fsp3) is 0.182. The van der Waals surface area contributed by atoms with Crippen molar-refractivity contribution in [2.45, 2.75) is 26.1 Å². The molecule has 0 fully saturated rings. The molecule has 0 saturated heterocycles. The molecule has 4 rings (SSSR count). The van der Waals surface area contributed by atoms with Gasteiger partial charge in [-0.1, -0.05) is 91.6 Å². The molecule has 1 heteroatoms. The molecule has 0 amide bonds. The smallest absolute Gasteiger partial charge is 0.0656 e. The molecule has 0 aromatic heterocycles. The standard InChI is InChI=1S/C22H22Si/c1-23(2,3)18-13-11-16(12-14-18)19-9-6-10-21-20-8-5-4-7-17(20)15-22(19)21/h4-14H,15H2,1-3H3. The van der Waals surface area contributed by atoms with Gasteiger partial charge in [0.1, 0.15) is 0 Å². The number of fused-ring (bicyclic) bond motifs is 3. The number of benzene rings is 3. The highest BCUT2D eigenvalue weighted by atomic mass is 28.3. The van der Waals surface area contributed by atoms with Crippen LogP contribution in [0.4, 0.5) is 0 Å². The molecular weight excluding hydrogens is 292 g/mol. The molecule has 0 aliphatic heterocycles. The lowest BCUT2D eigenvalue weighted by molar-refractivity contribution is 1.26. The van der Waals surface area contributed by atoms with Crippen LogP contribution in [0.5, 0.6) is 0 Å². The van der Waals surface area contributed by atoms with Crippen molar-refractivity contribution in [2.24, 2.45) is 0 Å². The minimum Gasteiger partial charge on any atom is -0.0656 e. The van der Waals surface area contributed by atoms with Crippen LogP contribution in [0.1, 0.15) is 11.1 Å². The molecule has 1 aliphatic rings. The van der Waals surface area contributed by atoms with Crippen LogP contribution in [0.2, 0.25) is 19.6 Å². The highest BCUT2D eigenvalue weighted by Gasteiger charge is 2.21. The highest BCUT2D eigenvalue weighted by molar-refractivity contribution is 6.88. The molecule has 3 aromatic carbocycles. The molecule has 0 atom stereocenters. The first-order valence-electron chi connectivity index (χ1n) is 8.35. The Morgan fingerprint density at radius 1 is 0.652 bits per heavy atom. The number of hydrogen-bond donors (Lipinski definition) is 0. The Bertz CT molecular complexity index is 867. The topological polar surface area (TPSA) is 0 Å². The Balaban J connectivity index is 1.80. The minimum absolute atomic E-state index is 1.05. The quantitative estimate of drug-likeness (QED) is 0.430. The lowest BCUT2D eigenvalue weighted by Gasteiger charge is -2.17. The van der Waals surface area contributed by atoms with Crippen LogP contribution < -0.4 is 5.19 Å². The zero-order valence-electron chi connectivity index (χ0n) is 14.1. The summed E-state index contributed by atoms with van der Waals surface area (Å²) >= 11 is 0. The summed E-state index contributed by atoms with van der Waals surface area (Å²) in [5, 5.41) is 1.53. The molecule has 0 unspecified atom stereocenters. The van der Waals surface area contributed by atoms with E-state index in [1.54, 1.807) is 0 Å². The van der Waals surface area contributed by atoms with Crippen molar-refractivity contribution in [3.8, 4) is 22.3 Å². The van der Waals surface area contributed by atoms with E-state index in [1.807, 2.05) is 0 Å². The maximum absolute atomic E-state index is 2.40. The number of rotatable bonds is 2. The van der Waals surface area contributed by atoms with Crippen LogP contribution in [-0.4, -0.2) is 8.07 Å². The minimum atomic E-state index is -1.23. The monoisotopic (exact) mass is 314 g/mol. The summed E-state index contributed by atoms with van der Waals surface area (Å²) in [6, 6.07) is 24.8. The van der Waals surface area contributed by atoms with Gasteiger partial charge in [-0.25, -0.2) is 0 Å². The second kappa shape index (κ2) is 5.21. The maximum atomic E-state index is 2.40. The van der Waals surface area contributed by atoms with Gasteiger partial charge in [-0.3, -0.25) is 0 Å². The molecule has 0 bridgehead atoms. The average molecular weight is 315 g/mol. The van der Waals surface area contributed by atoms with Gasteiger partial charge in [0, 0.05) is 0 Å². The molecule has 0 N–H and O–H groups in total. The van der Waals surface area contributed by atoms with Crippen LogP contribution in [0.15, 0.2) is 66.7 Å². The molecule has 0 radical (unpaired) electrons. The van der Waals surface area contributed by atoms with Gasteiger partial charge in [0.25, 0.3) is 0 Å². The molecule has 0 saturated carbocycles. The molecule has 3 aromatic rings. The summed E-state index contributed by atoms with van der Waals surface area (Å²) in [5.74, 6) is 0. The summed E-state index contributed by atoms with van der Waals surface area (Å²) in [6.45, 7) is 7.20. The van der Waals surface area contributed by atoms with Gasteiger partial charge in [-0.2, -0.15) is 0 Å². The molecule has 0 nitrogen and oxygen atoms in total. The molecule has 114 valence electrons. The van der Waals surface area contributed by atoms with Crippen LogP contribution in [0.25, 0.3) is 22.3 Å². The lowest BCUT2D eigenvalue weighted by atomic mass is 9.96. The van der Waals surface area contributed by atoms with Crippen molar-refractivity contribution in [1.29, 1.82) is 0 Å². The number of hydrogen-bond acceptors (Lipinski definition) is 0. The van der Waals surface area contributed by atoms with Crippen molar-refractivity contribution < 1.29 is 0 Å². The second-order valence-electron chi connectivity index (χ2n) is 7.49. The van der Waals surface area contributed by atoms with Gasteiger partial charge in [0.2, 0.25) is 0 Å². The largest absolute Gasteiger partial charge is 0.0775 e. The Labute approximate surface area is 139 Å². The lowest BCUT2D eigenvalue weighted by Crippen LogP contribution is -2.37. The molecular formula is C22H22Si. The van der Waals surface area contributed by atoms with Gasteiger partial charge in [-0.15, -0.1) is 0 Å². The fourth-order valence-corrected chi connectivity index (χ4v) is 4.74. The van der Waals surface area contributed by atoms with Gasteiger partial charge < -0.3 is 0 Å². The molecule has 0 spiro atoms. The first-order chi connectivity index (χ1) is 11.0. The van der Waals surface area contributed by atoms with Crippen molar-refractivity contribution in [3.05, 3.63) is 77.9 Å². The van der Waals surface area contributed by atoms with E-state index >= 15 is 0 Å². The van der Waals surface area contributed by atoms with Gasteiger partial charge in [0.15, 0.2) is 0 Å². The third-order valence-electron chi connectivity index (χ3n) is 4.91. The Morgan fingerprint density at radius 3 is 2.04 bits per heavy atom. The Hall–Kier alpha value is -2.12. The first kappa shape index (κ1) is 14.5. The van der Waals surface area contributed by atoms with Crippen LogP contribution >= 0.6 is 0 Å². The highest BCUT2D eigenvalue weighted by Crippen LogP contribution is 2.41. The van der Waals surface area contributed by atoms with Crippen molar-refractivity contribution >= 4 is 13.3 Å². The summed E-state index contributed by atoms with van der Waals surface area (Å²) in [5.41, 5.74) is 8.48. The zero-order valence-corrected chi connectivity index (χ0v) is 15.1. The van der Waals surface area contributed by atoms with Gasteiger partial charge >= 0.3 is 0 Å². The summed E-state index contributed by atoms with van der Waals surface area (Å²) in [4.78, 5) is 0. The Morgan fingerprint density at radius 2 is 1.30 bits per heavy atom. The molecule has 23 heavy (non-hydrogen) atoms. The fourth-order valence-electron chi connectivity index (χ4n) is 3.58. The second-order valence-corrected chi connectivity index (χ2v) is 12.6. The van der Waals surface area contributed by atoms with Crippen LogP contribution in [-0.2, 0) is 6.42 Å². The van der Waals surface area contributed by atoms with Crippen LogP contribution in [0.3, 0.4) is 0 Å². The summed E-state index contributed by atoms with van der Waals surface area (Å²) < 4.78 is 0. The normalized spacial score (nSPS) is 12.8. The SMILES string of the molecule is C[Si](C)(C)c1ccc(-c2cccc3c2Cc2ccccc2-3)cc1. The predicted molar refractivity (Wildman–Crippen MR) is 103 cm³/mol. The third-order valence-corrected chi connectivity index (χ3v) is 6.98. The van der Waals surface area contributed by atoms with E-state index < -0.39 is 8.07 Å². The Kier molecular flexibility index (Phi) is 3.28. The van der Waals surface area contributed by atoms with E-state index in [4.69, 9.17) is 0 Å². The van der Waals surface area contributed by atoms with E-state index in [9.17, 15) is 0 Å². The van der Waals surface area contributed by atoms with Gasteiger partial charge in [-0.05, 0) is 39.8 Å². The third kappa shape index (κ3) is 2.45. The van der Waals surface area contributed by atoms with E-state index in [-0.39, 0.29) is 0 Å². The van der Waals surface area contributed by atoms with E-state index in [0.717, 1.165) is 6.42 Å². The summed E-state index contributed by atoms with van der Waals surface area (Å²) in [7, 11) is -1.23. The van der Waals surface area contributed by atoms with Crippen LogP contribution in [0, 0.1) is 0 Å². The average Bonchev–Trinajstić information content (AvgIpc) is 2.93. The zero-order chi connectivity index (χ0) is 16.0. The first-order valence-corrected chi connectivity index (χ1v) is 11.8. The van der Waals surface area contributed by atoms with E-state index in [2.05, 4.69) is 86.4 Å². The molecule has 0 heterocycles. The molecule has 1 aliphatic carbocycles. The predicted octanol–water partition coefficient (Wildman–Crippen LogP) is 5.47. The van der Waals surface area contributed by atoms with Crippen molar-refractivity contribution in [3.63, 3.8) is 0 Å². The van der Waals surface area contributed by atoms with Gasteiger partial charge in [0.05, 0.1) is 8.07 Å². The van der Waals surface area contributed by atoms with E-state index in [0.29, 0.717) is 0 Å². The summed E-state index contributed by atoms with van der Waals surface area (Å²) in [6.07, 6.45) is 1.05. The van der Waals surface area contributed by atoms with Crippen molar-refractivity contribution in [2.75, 3.05) is 0 Å². The van der Waals surface area contributed by atoms with E-state index in [1.165, 1.54) is 38.6 Å². The van der Waals surface area contributed by atoms with Crippen molar-refractivity contribution in [1.82, 2.24) is 0 Å². The maximum Gasteiger partial charge on any atom is 0.0775 e.